The topological polar surface area (TPSA) is 67.6 Å². The molecule has 1 aromatic rings. The number of carbonyl (C=O) groups excluding carboxylic acids is 1. The zero-order chi connectivity index (χ0) is 15.4. The quantitative estimate of drug-likeness (QED) is 0.886. The minimum Gasteiger partial charge on any atom is -0.379 e. The number of nitrogens with one attached hydrogen (secondary N) is 1. The number of hydrogen-bond acceptors (Lipinski definition) is 4. The van der Waals surface area contributed by atoms with Gasteiger partial charge in [-0.25, -0.2) is 0 Å². The van der Waals surface area contributed by atoms with E-state index in [1.165, 1.54) is 5.56 Å². The van der Waals surface area contributed by atoms with Crippen LogP contribution in [0.3, 0.4) is 0 Å². The van der Waals surface area contributed by atoms with Gasteiger partial charge < -0.3 is 15.8 Å². The van der Waals surface area contributed by atoms with Gasteiger partial charge >= 0.3 is 0 Å². The fourth-order valence-electron chi connectivity index (χ4n) is 3.21. The Morgan fingerprint density at radius 3 is 2.59 bits per heavy atom. The number of morpholine rings is 1. The average Bonchev–Trinajstić information content (AvgIpc) is 2.97. The first-order valence-corrected chi connectivity index (χ1v) is 8.16. The van der Waals surface area contributed by atoms with E-state index in [-0.39, 0.29) is 17.9 Å². The highest BCUT2D eigenvalue weighted by molar-refractivity contribution is 5.92. The molecule has 3 N–H and O–H groups in total. The van der Waals surface area contributed by atoms with Crippen LogP contribution in [-0.2, 0) is 16.1 Å². The van der Waals surface area contributed by atoms with Crippen molar-refractivity contribution in [2.75, 3.05) is 31.6 Å². The summed E-state index contributed by atoms with van der Waals surface area (Å²) >= 11 is 0. The second-order valence-corrected chi connectivity index (χ2v) is 6.34. The van der Waals surface area contributed by atoms with Crippen LogP contribution in [0, 0.1) is 5.92 Å². The van der Waals surface area contributed by atoms with Crippen molar-refractivity contribution in [2.45, 2.75) is 31.8 Å². The van der Waals surface area contributed by atoms with E-state index in [0.29, 0.717) is 0 Å². The Labute approximate surface area is 131 Å². The van der Waals surface area contributed by atoms with E-state index in [1.807, 2.05) is 12.1 Å². The number of anilines is 1. The first-order chi connectivity index (χ1) is 10.7. The lowest BCUT2D eigenvalue weighted by Crippen LogP contribution is -2.35. The standard InChI is InChI=1S/C17H25N3O2/c18-15-4-3-14(11-15)17(21)19-16-5-1-13(2-6-16)12-20-7-9-22-10-8-20/h1-2,5-6,14-15H,3-4,7-12,18H2,(H,19,21). The van der Waals surface area contributed by atoms with Crippen LogP contribution in [0.2, 0.25) is 0 Å². The van der Waals surface area contributed by atoms with Gasteiger partial charge in [0, 0.05) is 37.3 Å². The van der Waals surface area contributed by atoms with E-state index < -0.39 is 0 Å². The molecule has 2 atom stereocenters. The average molecular weight is 303 g/mol. The van der Waals surface area contributed by atoms with Crippen LogP contribution in [0.25, 0.3) is 0 Å². The van der Waals surface area contributed by atoms with Gasteiger partial charge in [0.05, 0.1) is 13.2 Å². The Bertz CT molecular complexity index is 497. The van der Waals surface area contributed by atoms with Gasteiger partial charge in [-0.2, -0.15) is 0 Å². The molecule has 3 rings (SSSR count). The van der Waals surface area contributed by atoms with Crippen LogP contribution >= 0.6 is 0 Å². The van der Waals surface area contributed by atoms with Crippen molar-refractivity contribution in [3.63, 3.8) is 0 Å². The maximum absolute atomic E-state index is 12.2. The summed E-state index contributed by atoms with van der Waals surface area (Å²) < 4.78 is 5.36. The molecule has 1 heterocycles. The van der Waals surface area contributed by atoms with E-state index in [0.717, 1.165) is 57.8 Å². The highest BCUT2D eigenvalue weighted by atomic mass is 16.5. The van der Waals surface area contributed by atoms with Crippen LogP contribution in [-0.4, -0.2) is 43.2 Å². The predicted molar refractivity (Wildman–Crippen MR) is 86.5 cm³/mol. The van der Waals surface area contributed by atoms with Gasteiger partial charge in [0.15, 0.2) is 0 Å². The lowest BCUT2D eigenvalue weighted by molar-refractivity contribution is -0.119. The summed E-state index contributed by atoms with van der Waals surface area (Å²) in [6.45, 7) is 4.55. The Hall–Kier alpha value is -1.43. The predicted octanol–water partition coefficient (Wildman–Crippen LogP) is 1.58. The van der Waals surface area contributed by atoms with Crippen LogP contribution in [0.1, 0.15) is 24.8 Å². The number of benzene rings is 1. The number of carbonyl (C=O) groups is 1. The summed E-state index contributed by atoms with van der Waals surface area (Å²) in [6, 6.07) is 8.34. The molecule has 0 bridgehead atoms. The summed E-state index contributed by atoms with van der Waals surface area (Å²) in [4.78, 5) is 14.6. The lowest BCUT2D eigenvalue weighted by atomic mass is 10.1. The number of nitrogens with zero attached hydrogens (tertiary/aromatic N) is 1. The summed E-state index contributed by atoms with van der Waals surface area (Å²) in [5.41, 5.74) is 8.01. The van der Waals surface area contributed by atoms with Gasteiger partial charge in [0.1, 0.15) is 0 Å². The summed E-state index contributed by atoms with van der Waals surface area (Å²) in [6.07, 6.45) is 2.67. The molecule has 120 valence electrons. The third-order valence-electron chi connectivity index (χ3n) is 4.58. The second kappa shape index (κ2) is 7.22. The number of ether oxygens (including phenoxy) is 1. The third kappa shape index (κ3) is 4.06. The van der Waals surface area contributed by atoms with Crippen LogP contribution in [0.4, 0.5) is 5.69 Å². The highest BCUT2D eigenvalue weighted by Gasteiger charge is 2.27. The SMILES string of the molecule is NC1CCC(C(=O)Nc2ccc(CN3CCOCC3)cc2)C1. The summed E-state index contributed by atoms with van der Waals surface area (Å²) in [5.74, 6) is 0.178. The summed E-state index contributed by atoms with van der Waals surface area (Å²) in [7, 11) is 0. The van der Waals surface area contributed by atoms with Crippen molar-refractivity contribution in [3.05, 3.63) is 29.8 Å². The molecule has 2 fully saturated rings. The van der Waals surface area contributed by atoms with Gasteiger partial charge in [0.25, 0.3) is 0 Å². The molecule has 2 aliphatic rings. The molecule has 2 unspecified atom stereocenters. The highest BCUT2D eigenvalue weighted by Crippen LogP contribution is 2.25. The molecule has 1 saturated heterocycles. The van der Waals surface area contributed by atoms with Crippen LogP contribution in [0.15, 0.2) is 24.3 Å². The van der Waals surface area contributed by atoms with Crippen molar-refractivity contribution in [1.29, 1.82) is 0 Å². The zero-order valence-electron chi connectivity index (χ0n) is 13.0. The van der Waals surface area contributed by atoms with Crippen molar-refractivity contribution in [1.82, 2.24) is 4.90 Å². The molecule has 1 aromatic carbocycles. The van der Waals surface area contributed by atoms with Crippen LogP contribution in [0.5, 0.6) is 0 Å². The van der Waals surface area contributed by atoms with Gasteiger partial charge in [0.2, 0.25) is 5.91 Å². The number of rotatable bonds is 4. The fourth-order valence-corrected chi connectivity index (χ4v) is 3.21. The Morgan fingerprint density at radius 2 is 1.95 bits per heavy atom. The first-order valence-electron chi connectivity index (χ1n) is 8.16. The number of hydrogen-bond donors (Lipinski definition) is 2. The van der Waals surface area contributed by atoms with E-state index in [9.17, 15) is 4.79 Å². The molecule has 1 aliphatic heterocycles. The molecule has 1 saturated carbocycles. The normalized spacial score (nSPS) is 26.0. The molecule has 5 nitrogen and oxygen atoms in total. The Kier molecular flexibility index (Phi) is 5.08. The lowest BCUT2D eigenvalue weighted by Gasteiger charge is -2.26. The van der Waals surface area contributed by atoms with Gasteiger partial charge in [-0.3, -0.25) is 9.69 Å². The van der Waals surface area contributed by atoms with Crippen molar-refractivity contribution in [2.24, 2.45) is 11.7 Å². The van der Waals surface area contributed by atoms with Gasteiger partial charge in [-0.05, 0) is 37.0 Å². The molecule has 1 aliphatic carbocycles. The van der Waals surface area contributed by atoms with Gasteiger partial charge in [-0.1, -0.05) is 12.1 Å². The van der Waals surface area contributed by atoms with E-state index >= 15 is 0 Å². The minimum absolute atomic E-state index is 0.0722. The molecule has 0 spiro atoms. The smallest absolute Gasteiger partial charge is 0.227 e. The van der Waals surface area contributed by atoms with Crippen molar-refractivity contribution < 1.29 is 9.53 Å². The molecule has 0 aromatic heterocycles. The van der Waals surface area contributed by atoms with Crippen LogP contribution < -0.4 is 11.1 Å². The molecule has 0 radical (unpaired) electrons. The summed E-state index contributed by atoms with van der Waals surface area (Å²) in [5, 5.41) is 3.01. The first kappa shape index (κ1) is 15.5. The van der Waals surface area contributed by atoms with E-state index in [1.54, 1.807) is 0 Å². The Morgan fingerprint density at radius 1 is 1.23 bits per heavy atom. The largest absolute Gasteiger partial charge is 0.379 e. The van der Waals surface area contributed by atoms with Crippen molar-refractivity contribution in [3.8, 4) is 0 Å². The molecule has 22 heavy (non-hydrogen) atoms. The third-order valence-corrected chi connectivity index (χ3v) is 4.58. The fraction of sp³-hybridized carbons (Fsp3) is 0.588. The van der Waals surface area contributed by atoms with Gasteiger partial charge in [-0.15, -0.1) is 0 Å². The molecular weight excluding hydrogens is 278 g/mol. The Balaban J connectivity index is 1.51. The minimum atomic E-state index is 0.0722. The molecule has 1 amide bonds. The monoisotopic (exact) mass is 303 g/mol. The van der Waals surface area contributed by atoms with Crippen molar-refractivity contribution >= 4 is 11.6 Å². The van der Waals surface area contributed by atoms with E-state index in [4.69, 9.17) is 10.5 Å². The number of amides is 1. The number of nitrogens with two attached hydrogens (primary N) is 1. The maximum atomic E-state index is 12.2. The molecular formula is C17H25N3O2. The maximum Gasteiger partial charge on any atom is 0.227 e. The second-order valence-electron chi connectivity index (χ2n) is 6.34. The zero-order valence-corrected chi connectivity index (χ0v) is 13.0. The van der Waals surface area contributed by atoms with E-state index in [2.05, 4.69) is 22.3 Å². The molecule has 5 heteroatoms.